The summed E-state index contributed by atoms with van der Waals surface area (Å²) in [4.78, 5) is 0. The molecule has 0 heterocycles. The van der Waals surface area contributed by atoms with Crippen LogP contribution < -0.4 is 5.32 Å². The molecule has 0 saturated carbocycles. The van der Waals surface area contributed by atoms with E-state index in [4.69, 9.17) is 4.74 Å². The first-order chi connectivity index (χ1) is 9.36. The molecule has 1 aromatic rings. The third-order valence-electron chi connectivity index (χ3n) is 3.34. The molecule has 0 spiro atoms. The van der Waals surface area contributed by atoms with Gasteiger partial charge in [-0.3, -0.25) is 0 Å². The van der Waals surface area contributed by atoms with Gasteiger partial charge in [0.2, 0.25) is 0 Å². The third-order valence-corrected chi connectivity index (χ3v) is 3.34. The van der Waals surface area contributed by atoms with Gasteiger partial charge in [-0.2, -0.15) is 0 Å². The smallest absolute Gasteiger partial charge is 0.0713 e. The van der Waals surface area contributed by atoms with Crippen molar-refractivity contribution in [1.82, 2.24) is 5.32 Å². The van der Waals surface area contributed by atoms with Gasteiger partial charge in [0.05, 0.1) is 6.61 Å². The summed E-state index contributed by atoms with van der Waals surface area (Å²) in [6.07, 6.45) is 8.16. The van der Waals surface area contributed by atoms with Crippen molar-refractivity contribution in [3.63, 3.8) is 0 Å². The highest BCUT2D eigenvalue weighted by Gasteiger charge is 1.96. The van der Waals surface area contributed by atoms with E-state index < -0.39 is 0 Å². The lowest BCUT2D eigenvalue weighted by molar-refractivity contribution is 0.185. The monoisotopic (exact) mass is 263 g/mol. The topological polar surface area (TPSA) is 21.3 Å². The van der Waals surface area contributed by atoms with Gasteiger partial charge in [0.1, 0.15) is 0 Å². The highest BCUT2D eigenvalue weighted by molar-refractivity contribution is 5.22. The summed E-state index contributed by atoms with van der Waals surface area (Å²) in [5.41, 5.74) is 2.60. The van der Waals surface area contributed by atoms with Gasteiger partial charge < -0.3 is 10.1 Å². The van der Waals surface area contributed by atoms with Crippen LogP contribution in [0.5, 0.6) is 0 Å². The number of unbranched alkanes of at least 4 members (excludes halogenated alkanes) is 5. The molecular formula is C17H29NO. The fourth-order valence-corrected chi connectivity index (χ4v) is 2.26. The van der Waals surface area contributed by atoms with Crippen molar-refractivity contribution in [3.8, 4) is 0 Å². The first kappa shape index (κ1) is 16.2. The van der Waals surface area contributed by atoms with Crippen molar-refractivity contribution < 1.29 is 4.74 Å². The van der Waals surface area contributed by atoms with Crippen molar-refractivity contribution in [3.05, 3.63) is 35.4 Å². The van der Waals surface area contributed by atoms with E-state index >= 15 is 0 Å². The number of benzene rings is 1. The minimum atomic E-state index is 0.700. The van der Waals surface area contributed by atoms with E-state index in [-0.39, 0.29) is 0 Å². The molecule has 1 aromatic carbocycles. The maximum absolute atomic E-state index is 5.15. The van der Waals surface area contributed by atoms with Crippen molar-refractivity contribution in [1.29, 1.82) is 0 Å². The summed E-state index contributed by atoms with van der Waals surface area (Å²) in [6.45, 7) is 5.05. The zero-order chi connectivity index (χ0) is 13.8. The van der Waals surface area contributed by atoms with Crippen LogP contribution in [0.3, 0.4) is 0 Å². The molecule has 1 rings (SSSR count). The van der Waals surface area contributed by atoms with E-state index in [0.29, 0.717) is 6.61 Å². The van der Waals surface area contributed by atoms with Gasteiger partial charge in [-0.25, -0.2) is 0 Å². The van der Waals surface area contributed by atoms with Crippen LogP contribution in [0.25, 0.3) is 0 Å². The molecule has 0 bridgehead atoms. The standard InChI is InChI=1S/C17H29NO/c1-3-4-5-6-7-8-12-18-14-16-10-9-11-17(13-16)15-19-2/h9-11,13,18H,3-8,12,14-15H2,1-2H3. The zero-order valence-electron chi connectivity index (χ0n) is 12.6. The quantitative estimate of drug-likeness (QED) is 0.602. The molecule has 0 aromatic heterocycles. The minimum Gasteiger partial charge on any atom is -0.380 e. The Morgan fingerprint density at radius 1 is 1.00 bits per heavy atom. The third kappa shape index (κ3) is 8.02. The number of rotatable bonds is 11. The second kappa shape index (κ2) is 11.0. The largest absolute Gasteiger partial charge is 0.380 e. The van der Waals surface area contributed by atoms with E-state index in [1.54, 1.807) is 7.11 Å². The first-order valence-corrected chi connectivity index (χ1v) is 7.64. The van der Waals surface area contributed by atoms with Crippen molar-refractivity contribution in [2.24, 2.45) is 0 Å². The molecule has 0 aliphatic rings. The Bertz CT molecular complexity index is 325. The zero-order valence-corrected chi connectivity index (χ0v) is 12.6. The molecule has 0 aliphatic heterocycles. The molecule has 0 radical (unpaired) electrons. The molecule has 0 saturated heterocycles. The Balaban J connectivity index is 2.07. The van der Waals surface area contributed by atoms with Gasteiger partial charge in [0.15, 0.2) is 0 Å². The maximum Gasteiger partial charge on any atom is 0.0713 e. The Labute approximate surface area is 118 Å². The Hall–Kier alpha value is -0.860. The molecule has 2 nitrogen and oxygen atoms in total. The summed E-state index contributed by atoms with van der Waals surface area (Å²) in [6, 6.07) is 8.61. The molecule has 19 heavy (non-hydrogen) atoms. The minimum absolute atomic E-state index is 0.700. The van der Waals surface area contributed by atoms with Gasteiger partial charge in [0.25, 0.3) is 0 Å². The Morgan fingerprint density at radius 3 is 2.53 bits per heavy atom. The fourth-order valence-electron chi connectivity index (χ4n) is 2.26. The predicted molar refractivity (Wildman–Crippen MR) is 82.2 cm³/mol. The molecule has 0 amide bonds. The molecule has 0 fully saturated rings. The predicted octanol–water partition coefficient (Wildman–Crippen LogP) is 4.28. The molecule has 1 N–H and O–H groups in total. The lowest BCUT2D eigenvalue weighted by Gasteiger charge is -2.07. The molecular weight excluding hydrogens is 234 g/mol. The normalized spacial score (nSPS) is 10.8. The summed E-state index contributed by atoms with van der Waals surface area (Å²) in [5, 5.41) is 3.52. The number of hydrogen-bond acceptors (Lipinski definition) is 2. The summed E-state index contributed by atoms with van der Waals surface area (Å²) in [5.74, 6) is 0. The van der Waals surface area contributed by atoms with Crippen LogP contribution in [0.2, 0.25) is 0 Å². The van der Waals surface area contributed by atoms with Crippen LogP contribution in [-0.2, 0) is 17.9 Å². The van der Waals surface area contributed by atoms with Crippen molar-refractivity contribution in [2.75, 3.05) is 13.7 Å². The van der Waals surface area contributed by atoms with Gasteiger partial charge in [-0.1, -0.05) is 63.3 Å². The van der Waals surface area contributed by atoms with Crippen LogP contribution in [0.15, 0.2) is 24.3 Å². The molecule has 0 unspecified atom stereocenters. The van der Waals surface area contributed by atoms with Gasteiger partial charge in [0, 0.05) is 13.7 Å². The lowest BCUT2D eigenvalue weighted by Crippen LogP contribution is -2.14. The van der Waals surface area contributed by atoms with E-state index in [1.807, 2.05) is 0 Å². The Morgan fingerprint density at radius 2 is 1.74 bits per heavy atom. The lowest BCUT2D eigenvalue weighted by atomic mass is 10.1. The van der Waals surface area contributed by atoms with E-state index in [0.717, 1.165) is 13.1 Å². The second-order valence-corrected chi connectivity index (χ2v) is 5.20. The number of methoxy groups -OCH3 is 1. The molecule has 0 aliphatic carbocycles. The van der Waals surface area contributed by atoms with Crippen molar-refractivity contribution in [2.45, 2.75) is 58.6 Å². The van der Waals surface area contributed by atoms with E-state index in [1.165, 1.54) is 49.7 Å². The maximum atomic E-state index is 5.15. The summed E-state index contributed by atoms with van der Waals surface area (Å²) < 4.78 is 5.15. The highest BCUT2D eigenvalue weighted by Crippen LogP contribution is 2.07. The number of nitrogens with one attached hydrogen (secondary N) is 1. The van der Waals surface area contributed by atoms with E-state index in [2.05, 4.69) is 36.5 Å². The van der Waals surface area contributed by atoms with E-state index in [9.17, 15) is 0 Å². The average Bonchev–Trinajstić information content (AvgIpc) is 2.43. The van der Waals surface area contributed by atoms with Gasteiger partial charge in [-0.05, 0) is 24.1 Å². The summed E-state index contributed by atoms with van der Waals surface area (Å²) in [7, 11) is 1.74. The number of ether oxygens (including phenoxy) is 1. The molecule has 2 heteroatoms. The van der Waals surface area contributed by atoms with Crippen LogP contribution in [0.1, 0.15) is 56.6 Å². The fraction of sp³-hybridized carbons (Fsp3) is 0.647. The first-order valence-electron chi connectivity index (χ1n) is 7.64. The molecule has 108 valence electrons. The van der Waals surface area contributed by atoms with Crippen LogP contribution in [0.4, 0.5) is 0 Å². The molecule has 0 atom stereocenters. The SMILES string of the molecule is CCCCCCCCNCc1cccc(COC)c1. The van der Waals surface area contributed by atoms with Crippen LogP contribution >= 0.6 is 0 Å². The average molecular weight is 263 g/mol. The van der Waals surface area contributed by atoms with Crippen LogP contribution in [-0.4, -0.2) is 13.7 Å². The van der Waals surface area contributed by atoms with Gasteiger partial charge >= 0.3 is 0 Å². The Kier molecular flexibility index (Phi) is 9.38. The second-order valence-electron chi connectivity index (χ2n) is 5.20. The number of hydrogen-bond donors (Lipinski definition) is 1. The summed E-state index contributed by atoms with van der Waals surface area (Å²) >= 11 is 0. The van der Waals surface area contributed by atoms with Crippen LogP contribution in [0, 0.1) is 0 Å². The van der Waals surface area contributed by atoms with Crippen molar-refractivity contribution >= 4 is 0 Å². The van der Waals surface area contributed by atoms with Gasteiger partial charge in [-0.15, -0.1) is 0 Å². The highest BCUT2D eigenvalue weighted by atomic mass is 16.5.